The van der Waals surface area contributed by atoms with Crippen LogP contribution in [-0.4, -0.2) is 24.5 Å². The van der Waals surface area contributed by atoms with Crippen molar-refractivity contribution < 1.29 is 19.1 Å². The maximum Gasteiger partial charge on any atom is 0.265 e. The van der Waals surface area contributed by atoms with Crippen molar-refractivity contribution in [3.63, 3.8) is 0 Å². The van der Waals surface area contributed by atoms with Gasteiger partial charge in [-0.3, -0.25) is 9.59 Å². The molecule has 6 nitrogen and oxygen atoms in total. The molecule has 0 aliphatic carbocycles. The van der Waals surface area contributed by atoms with E-state index in [4.69, 9.17) is 9.47 Å². The van der Waals surface area contributed by atoms with Gasteiger partial charge < -0.3 is 20.1 Å². The van der Waals surface area contributed by atoms with Crippen LogP contribution in [0.4, 0.5) is 5.69 Å². The van der Waals surface area contributed by atoms with Gasteiger partial charge in [-0.2, -0.15) is 0 Å². The summed E-state index contributed by atoms with van der Waals surface area (Å²) in [5.41, 5.74) is 2.30. The van der Waals surface area contributed by atoms with Crippen molar-refractivity contribution in [2.24, 2.45) is 0 Å². The molecule has 6 heteroatoms. The molecule has 0 radical (unpaired) electrons. The van der Waals surface area contributed by atoms with E-state index in [0.717, 1.165) is 18.4 Å². The standard InChI is InChI=1S/C19H24N2O4/c1-4-16-19(23)21-15-8-7-13(10-17(15)25-16)11(2)20-18(22)14-6-5-9-24-12(14)3/h7-8,10-11,16H,4-6,9H2,1-3H3,(H,20,22)(H,21,23)/t11-,16+/m0/s1. The lowest BCUT2D eigenvalue weighted by Crippen LogP contribution is -2.36. The summed E-state index contributed by atoms with van der Waals surface area (Å²) in [6, 6.07) is 5.39. The third kappa shape index (κ3) is 3.62. The summed E-state index contributed by atoms with van der Waals surface area (Å²) in [7, 11) is 0. The average Bonchev–Trinajstić information content (AvgIpc) is 2.60. The summed E-state index contributed by atoms with van der Waals surface area (Å²) in [5, 5.41) is 5.87. The molecule has 0 fully saturated rings. The molecule has 2 atom stereocenters. The first-order valence-electron chi connectivity index (χ1n) is 8.74. The SMILES string of the molecule is CC[C@H]1Oc2cc([C@H](C)NC(=O)C3=C(C)OCCC3)ccc2NC1=O. The van der Waals surface area contributed by atoms with Crippen LogP contribution in [0.5, 0.6) is 5.75 Å². The van der Waals surface area contributed by atoms with Gasteiger partial charge in [0.05, 0.1) is 23.9 Å². The zero-order chi connectivity index (χ0) is 18.0. The highest BCUT2D eigenvalue weighted by Crippen LogP contribution is 2.33. The highest BCUT2D eigenvalue weighted by Gasteiger charge is 2.27. The van der Waals surface area contributed by atoms with Crippen LogP contribution in [0.2, 0.25) is 0 Å². The number of nitrogens with one attached hydrogen (secondary N) is 2. The fraction of sp³-hybridized carbons (Fsp3) is 0.474. The van der Waals surface area contributed by atoms with Crippen molar-refractivity contribution in [1.29, 1.82) is 0 Å². The molecule has 1 aromatic carbocycles. The Bertz CT molecular complexity index is 726. The Hall–Kier alpha value is -2.50. The molecule has 134 valence electrons. The summed E-state index contributed by atoms with van der Waals surface area (Å²) < 4.78 is 11.2. The van der Waals surface area contributed by atoms with E-state index in [0.29, 0.717) is 35.8 Å². The van der Waals surface area contributed by atoms with Crippen LogP contribution < -0.4 is 15.4 Å². The van der Waals surface area contributed by atoms with Crippen molar-refractivity contribution in [3.8, 4) is 5.75 Å². The molecule has 0 saturated carbocycles. The second-order valence-electron chi connectivity index (χ2n) is 6.44. The lowest BCUT2D eigenvalue weighted by Gasteiger charge is -2.26. The van der Waals surface area contributed by atoms with Crippen LogP contribution in [0.15, 0.2) is 29.5 Å². The number of benzene rings is 1. The quantitative estimate of drug-likeness (QED) is 0.880. The van der Waals surface area contributed by atoms with Crippen LogP contribution >= 0.6 is 0 Å². The minimum atomic E-state index is -0.472. The molecule has 2 N–H and O–H groups in total. The van der Waals surface area contributed by atoms with Gasteiger partial charge in [0.2, 0.25) is 0 Å². The zero-order valence-corrected chi connectivity index (χ0v) is 14.8. The molecular formula is C19H24N2O4. The Morgan fingerprint density at radius 1 is 1.44 bits per heavy atom. The molecule has 2 aliphatic heterocycles. The average molecular weight is 344 g/mol. The van der Waals surface area contributed by atoms with Gasteiger partial charge in [0, 0.05) is 0 Å². The van der Waals surface area contributed by atoms with E-state index < -0.39 is 6.10 Å². The van der Waals surface area contributed by atoms with E-state index in [9.17, 15) is 9.59 Å². The maximum atomic E-state index is 12.5. The predicted molar refractivity (Wildman–Crippen MR) is 94.2 cm³/mol. The van der Waals surface area contributed by atoms with Gasteiger partial charge in [-0.05, 0) is 50.8 Å². The van der Waals surface area contributed by atoms with Crippen molar-refractivity contribution in [2.75, 3.05) is 11.9 Å². The molecule has 0 saturated heterocycles. The molecule has 2 aliphatic rings. The molecule has 0 bridgehead atoms. The Morgan fingerprint density at radius 3 is 2.96 bits per heavy atom. The maximum absolute atomic E-state index is 12.5. The zero-order valence-electron chi connectivity index (χ0n) is 14.8. The number of hydrogen-bond acceptors (Lipinski definition) is 4. The Kier molecular flexibility index (Phi) is 4.97. The molecule has 0 spiro atoms. The molecule has 3 rings (SSSR count). The second kappa shape index (κ2) is 7.17. The Labute approximate surface area is 147 Å². The number of carbonyl (C=O) groups excluding carboxylic acids is 2. The van der Waals surface area contributed by atoms with Crippen molar-refractivity contribution >= 4 is 17.5 Å². The fourth-order valence-corrected chi connectivity index (χ4v) is 3.08. The van der Waals surface area contributed by atoms with Crippen molar-refractivity contribution in [3.05, 3.63) is 35.1 Å². The van der Waals surface area contributed by atoms with Crippen LogP contribution in [0.1, 0.15) is 51.6 Å². The third-order valence-electron chi connectivity index (χ3n) is 4.63. The van der Waals surface area contributed by atoms with Gasteiger partial charge in [0.1, 0.15) is 11.5 Å². The highest BCUT2D eigenvalue weighted by atomic mass is 16.5. The van der Waals surface area contributed by atoms with Crippen molar-refractivity contribution in [2.45, 2.75) is 52.2 Å². The van der Waals surface area contributed by atoms with Gasteiger partial charge in [-0.15, -0.1) is 0 Å². The number of ether oxygens (including phenoxy) is 2. The summed E-state index contributed by atoms with van der Waals surface area (Å²) in [4.78, 5) is 24.3. The summed E-state index contributed by atoms with van der Waals surface area (Å²) in [6.07, 6.45) is 1.73. The van der Waals surface area contributed by atoms with E-state index in [2.05, 4.69) is 10.6 Å². The number of carbonyl (C=O) groups is 2. The van der Waals surface area contributed by atoms with Crippen LogP contribution in [0, 0.1) is 0 Å². The lowest BCUT2D eigenvalue weighted by molar-refractivity contribution is -0.123. The molecule has 25 heavy (non-hydrogen) atoms. The fourth-order valence-electron chi connectivity index (χ4n) is 3.08. The lowest BCUT2D eigenvalue weighted by atomic mass is 10.0. The molecule has 0 aromatic heterocycles. The minimum Gasteiger partial charge on any atom is -0.498 e. The number of fused-ring (bicyclic) bond motifs is 1. The minimum absolute atomic E-state index is 0.0944. The number of hydrogen-bond donors (Lipinski definition) is 2. The summed E-state index contributed by atoms with van der Waals surface area (Å²) >= 11 is 0. The van der Waals surface area contributed by atoms with Crippen LogP contribution in [0.3, 0.4) is 0 Å². The number of anilines is 1. The predicted octanol–water partition coefficient (Wildman–Crippen LogP) is 3.06. The van der Waals surface area contributed by atoms with Gasteiger partial charge >= 0.3 is 0 Å². The normalized spacial score (nSPS) is 20.8. The van der Waals surface area contributed by atoms with E-state index in [1.54, 1.807) is 0 Å². The van der Waals surface area contributed by atoms with Gasteiger partial charge in [0.25, 0.3) is 11.8 Å². The van der Waals surface area contributed by atoms with E-state index in [1.807, 2.05) is 39.0 Å². The monoisotopic (exact) mass is 344 g/mol. The van der Waals surface area contributed by atoms with E-state index in [1.165, 1.54) is 0 Å². The number of amides is 2. The topological polar surface area (TPSA) is 76.7 Å². The molecular weight excluding hydrogens is 320 g/mol. The second-order valence-corrected chi connectivity index (χ2v) is 6.44. The molecule has 0 unspecified atom stereocenters. The van der Waals surface area contributed by atoms with Gasteiger partial charge in [-0.1, -0.05) is 13.0 Å². The van der Waals surface area contributed by atoms with Crippen LogP contribution in [0.25, 0.3) is 0 Å². The molecule has 1 aromatic rings. The van der Waals surface area contributed by atoms with Crippen molar-refractivity contribution in [1.82, 2.24) is 5.32 Å². The number of allylic oxidation sites excluding steroid dienone is 1. The Morgan fingerprint density at radius 2 is 2.24 bits per heavy atom. The largest absolute Gasteiger partial charge is 0.498 e. The smallest absolute Gasteiger partial charge is 0.265 e. The third-order valence-corrected chi connectivity index (χ3v) is 4.63. The first-order chi connectivity index (χ1) is 12.0. The van der Waals surface area contributed by atoms with Gasteiger partial charge in [-0.25, -0.2) is 0 Å². The van der Waals surface area contributed by atoms with E-state index in [-0.39, 0.29) is 17.9 Å². The first kappa shape index (κ1) is 17.3. The summed E-state index contributed by atoms with van der Waals surface area (Å²) in [5.74, 6) is 1.13. The Balaban J connectivity index is 1.74. The molecule has 2 heterocycles. The van der Waals surface area contributed by atoms with E-state index >= 15 is 0 Å². The van der Waals surface area contributed by atoms with Crippen LogP contribution in [-0.2, 0) is 14.3 Å². The summed E-state index contributed by atoms with van der Waals surface area (Å²) in [6.45, 7) is 6.34. The number of rotatable bonds is 4. The first-order valence-corrected chi connectivity index (χ1v) is 8.74. The van der Waals surface area contributed by atoms with Gasteiger partial charge in [0.15, 0.2) is 6.10 Å². The highest BCUT2D eigenvalue weighted by molar-refractivity contribution is 5.97. The molecule has 2 amide bonds.